The quantitative estimate of drug-likeness (QED) is 0.767. The fraction of sp³-hybridized carbons (Fsp3) is 0.579. The van der Waals surface area contributed by atoms with Crippen LogP contribution in [0.3, 0.4) is 0 Å². The van der Waals surface area contributed by atoms with Gasteiger partial charge in [0.05, 0.1) is 44.6 Å². The van der Waals surface area contributed by atoms with Gasteiger partial charge in [0.1, 0.15) is 0 Å². The molecule has 2 aromatic heterocycles. The van der Waals surface area contributed by atoms with E-state index < -0.39 is 6.43 Å². The van der Waals surface area contributed by atoms with E-state index in [2.05, 4.69) is 19.9 Å². The van der Waals surface area contributed by atoms with Crippen LogP contribution in [0.1, 0.15) is 25.3 Å². The molecular weight excluding hydrogens is 382 g/mol. The van der Waals surface area contributed by atoms with Crippen LogP contribution in [0.2, 0.25) is 0 Å². The van der Waals surface area contributed by atoms with Crippen molar-refractivity contribution in [1.82, 2.24) is 19.9 Å². The normalized spacial score (nSPS) is 26.6. The zero-order chi connectivity index (χ0) is 20.0. The Morgan fingerprint density at radius 3 is 2.59 bits per heavy atom. The van der Waals surface area contributed by atoms with Gasteiger partial charge in [-0.15, -0.1) is 0 Å². The Balaban J connectivity index is 1.61. The summed E-state index contributed by atoms with van der Waals surface area (Å²) in [5, 5.41) is 0. The van der Waals surface area contributed by atoms with Crippen LogP contribution in [0, 0.1) is 0 Å². The second kappa shape index (κ2) is 7.42. The number of pyridine rings is 1. The second-order valence-corrected chi connectivity index (χ2v) is 7.63. The van der Waals surface area contributed by atoms with Crippen LogP contribution >= 0.6 is 0 Å². The Labute approximate surface area is 166 Å². The summed E-state index contributed by atoms with van der Waals surface area (Å²) in [6, 6.07) is 1.81. The summed E-state index contributed by atoms with van der Waals surface area (Å²) < 4.78 is 38.3. The minimum absolute atomic E-state index is 0.0783. The molecule has 5 rings (SSSR count). The van der Waals surface area contributed by atoms with Crippen LogP contribution in [-0.2, 0) is 9.47 Å². The molecule has 3 fully saturated rings. The van der Waals surface area contributed by atoms with Gasteiger partial charge in [0, 0.05) is 30.1 Å². The van der Waals surface area contributed by atoms with E-state index in [1.54, 1.807) is 0 Å². The third kappa shape index (κ3) is 3.29. The maximum atomic E-state index is 13.6. The van der Waals surface area contributed by atoms with Crippen LogP contribution in [0.5, 0.6) is 0 Å². The van der Waals surface area contributed by atoms with E-state index >= 15 is 0 Å². The van der Waals surface area contributed by atoms with E-state index in [-0.39, 0.29) is 35.1 Å². The van der Waals surface area contributed by atoms with Crippen LogP contribution in [0.15, 0.2) is 18.5 Å². The molecule has 0 amide bonds. The Kier molecular flexibility index (Phi) is 4.75. The molecule has 10 heteroatoms. The van der Waals surface area contributed by atoms with Crippen molar-refractivity contribution in [3.63, 3.8) is 0 Å². The number of hydrogen-bond acceptors (Lipinski definition) is 8. The predicted octanol–water partition coefficient (Wildman–Crippen LogP) is 2.07. The Hall–Kier alpha value is -2.46. The molecule has 2 unspecified atom stereocenters. The topological polar surface area (TPSA) is 76.5 Å². The number of fused-ring (bicyclic) bond motifs is 2. The lowest BCUT2D eigenvalue weighted by Gasteiger charge is -2.52. The average molecular weight is 404 g/mol. The molecule has 3 aliphatic heterocycles. The molecule has 0 radical (unpaired) electrons. The molecule has 3 aliphatic rings. The van der Waals surface area contributed by atoms with Crippen molar-refractivity contribution in [2.75, 3.05) is 42.8 Å². The van der Waals surface area contributed by atoms with Crippen LogP contribution in [0.25, 0.3) is 11.4 Å². The molecule has 3 atom stereocenters. The summed E-state index contributed by atoms with van der Waals surface area (Å²) in [4.78, 5) is 22.1. The molecule has 2 bridgehead atoms. The van der Waals surface area contributed by atoms with Gasteiger partial charge in [0.2, 0.25) is 11.9 Å². The van der Waals surface area contributed by atoms with Crippen molar-refractivity contribution in [1.29, 1.82) is 0 Å². The maximum absolute atomic E-state index is 13.6. The van der Waals surface area contributed by atoms with Gasteiger partial charge in [-0.3, -0.25) is 4.98 Å². The minimum Gasteiger partial charge on any atom is -0.377 e. The highest BCUT2D eigenvalue weighted by molar-refractivity contribution is 5.63. The fourth-order valence-corrected chi connectivity index (χ4v) is 4.19. The highest BCUT2D eigenvalue weighted by Crippen LogP contribution is 2.36. The number of ether oxygens (including phenoxy) is 2. The van der Waals surface area contributed by atoms with Crippen molar-refractivity contribution >= 4 is 11.9 Å². The zero-order valence-electron chi connectivity index (χ0n) is 16.0. The molecule has 0 aromatic carbocycles. The molecule has 0 spiro atoms. The van der Waals surface area contributed by atoms with Gasteiger partial charge in [-0.25, -0.2) is 8.78 Å². The molecule has 0 N–H and O–H groups in total. The smallest absolute Gasteiger partial charge is 0.264 e. The first-order valence-corrected chi connectivity index (χ1v) is 9.81. The Morgan fingerprint density at radius 2 is 1.86 bits per heavy atom. The predicted molar refractivity (Wildman–Crippen MR) is 101 cm³/mol. The van der Waals surface area contributed by atoms with Gasteiger partial charge < -0.3 is 19.3 Å². The van der Waals surface area contributed by atoms with E-state index in [4.69, 9.17) is 14.5 Å². The zero-order valence-corrected chi connectivity index (χ0v) is 16.0. The van der Waals surface area contributed by atoms with Gasteiger partial charge in [-0.1, -0.05) is 0 Å². The standard InChI is InChI=1S/C19H22F2N6O2/c1-11-8-28-5-4-26(11)18-23-17(15-7-22-3-2-14(15)16(20)21)24-19(25-18)27-12-6-13(27)10-29-9-12/h2-3,7,11-13,16H,4-6,8-10H2,1H3/t11-,12?,13?/m1/s1. The molecule has 8 nitrogen and oxygen atoms in total. The first-order chi connectivity index (χ1) is 14.1. The van der Waals surface area contributed by atoms with E-state index in [1.165, 1.54) is 18.5 Å². The number of alkyl halides is 2. The van der Waals surface area contributed by atoms with E-state index in [1.807, 2.05) is 11.8 Å². The van der Waals surface area contributed by atoms with Crippen LogP contribution in [0.4, 0.5) is 20.7 Å². The molecule has 0 saturated carbocycles. The first-order valence-electron chi connectivity index (χ1n) is 9.81. The van der Waals surface area contributed by atoms with E-state index in [0.29, 0.717) is 44.9 Å². The van der Waals surface area contributed by atoms with Crippen molar-refractivity contribution in [3.8, 4) is 11.4 Å². The number of anilines is 2. The van der Waals surface area contributed by atoms with Gasteiger partial charge in [0.15, 0.2) is 5.82 Å². The van der Waals surface area contributed by atoms with Gasteiger partial charge in [-0.05, 0) is 19.4 Å². The summed E-state index contributed by atoms with van der Waals surface area (Å²) in [5.74, 6) is 1.21. The lowest BCUT2D eigenvalue weighted by molar-refractivity contribution is 0.00904. The summed E-state index contributed by atoms with van der Waals surface area (Å²) in [6.45, 7) is 5.04. The second-order valence-electron chi connectivity index (χ2n) is 7.63. The first kappa shape index (κ1) is 18.6. The molecule has 0 aliphatic carbocycles. The summed E-state index contributed by atoms with van der Waals surface area (Å²) in [7, 11) is 0. The van der Waals surface area contributed by atoms with Crippen molar-refractivity contribution in [2.45, 2.75) is 37.9 Å². The lowest BCUT2D eigenvalue weighted by atomic mass is 9.92. The van der Waals surface area contributed by atoms with Crippen LogP contribution in [-0.4, -0.2) is 71.0 Å². The summed E-state index contributed by atoms with van der Waals surface area (Å²) in [6.07, 6.45) is 1.14. The van der Waals surface area contributed by atoms with Gasteiger partial charge in [0.25, 0.3) is 6.43 Å². The summed E-state index contributed by atoms with van der Waals surface area (Å²) >= 11 is 0. The Bertz CT molecular complexity index is 857. The number of nitrogens with zero attached hydrogens (tertiary/aromatic N) is 6. The number of morpholine rings is 2. The van der Waals surface area contributed by atoms with Crippen LogP contribution < -0.4 is 9.80 Å². The lowest BCUT2D eigenvalue weighted by Crippen LogP contribution is -2.64. The largest absolute Gasteiger partial charge is 0.377 e. The minimum atomic E-state index is -2.64. The highest BCUT2D eigenvalue weighted by Gasteiger charge is 2.44. The van der Waals surface area contributed by atoms with E-state index in [0.717, 1.165) is 6.42 Å². The molecule has 5 heterocycles. The maximum Gasteiger partial charge on any atom is 0.264 e. The average Bonchev–Trinajstić information content (AvgIpc) is 2.74. The molecule has 154 valence electrons. The molecule has 2 aromatic rings. The van der Waals surface area contributed by atoms with E-state index in [9.17, 15) is 8.78 Å². The number of halogens is 2. The fourth-order valence-electron chi connectivity index (χ4n) is 4.19. The van der Waals surface area contributed by atoms with Crippen molar-refractivity contribution < 1.29 is 18.3 Å². The highest BCUT2D eigenvalue weighted by atomic mass is 19.3. The summed E-state index contributed by atoms with van der Waals surface area (Å²) in [5.41, 5.74) is 0.0977. The van der Waals surface area contributed by atoms with Crippen molar-refractivity contribution in [3.05, 3.63) is 24.0 Å². The van der Waals surface area contributed by atoms with Gasteiger partial charge >= 0.3 is 0 Å². The number of hydrogen-bond donors (Lipinski definition) is 0. The number of rotatable bonds is 4. The molecule has 3 saturated heterocycles. The molecule has 29 heavy (non-hydrogen) atoms. The third-order valence-corrected chi connectivity index (χ3v) is 5.75. The SMILES string of the molecule is C[C@@H]1COCCN1c1nc(-c2cnccc2C(F)F)nc(N2C3COCC2C3)n1. The number of aromatic nitrogens is 4. The third-order valence-electron chi connectivity index (χ3n) is 5.75. The van der Waals surface area contributed by atoms with Gasteiger partial charge in [-0.2, -0.15) is 15.0 Å². The monoisotopic (exact) mass is 404 g/mol. The van der Waals surface area contributed by atoms with Crippen molar-refractivity contribution in [2.24, 2.45) is 0 Å². The molecular formula is C19H22F2N6O2. The Morgan fingerprint density at radius 1 is 1.07 bits per heavy atom.